The molecule has 0 amide bonds. The molecule has 0 heterocycles. The van der Waals surface area contributed by atoms with Gasteiger partial charge < -0.3 is 14.2 Å². The monoisotopic (exact) mass is 835 g/mol. The second-order valence-electron chi connectivity index (χ2n) is 19.6. The number of unbranched alkanes of at least 4 members (excludes halogenated alkanes) is 29. The molecule has 0 aliphatic heterocycles. The van der Waals surface area contributed by atoms with Gasteiger partial charge in [0.2, 0.25) is 0 Å². The van der Waals surface area contributed by atoms with Gasteiger partial charge in [-0.15, -0.1) is 0 Å². The van der Waals surface area contributed by atoms with E-state index in [9.17, 15) is 14.4 Å². The largest absolute Gasteiger partial charge is 0.462 e. The molecule has 0 fully saturated rings. The lowest BCUT2D eigenvalue weighted by atomic mass is 10.0. The molecule has 6 heteroatoms. The molecule has 0 aromatic carbocycles. The van der Waals surface area contributed by atoms with Crippen LogP contribution in [0.5, 0.6) is 0 Å². The zero-order valence-corrected chi connectivity index (χ0v) is 40.5. The third kappa shape index (κ3) is 47.3. The predicted molar refractivity (Wildman–Crippen MR) is 252 cm³/mol. The van der Waals surface area contributed by atoms with Crippen LogP contribution >= 0.6 is 0 Å². The first-order chi connectivity index (χ1) is 28.6. The van der Waals surface area contributed by atoms with E-state index in [-0.39, 0.29) is 31.1 Å². The Morgan fingerprint density at radius 1 is 0.288 bits per heavy atom. The molecule has 0 rings (SSSR count). The van der Waals surface area contributed by atoms with E-state index in [0.29, 0.717) is 19.3 Å². The molecular formula is C53H102O6. The van der Waals surface area contributed by atoms with Crippen LogP contribution in [0.3, 0.4) is 0 Å². The normalized spacial score (nSPS) is 12.2. The van der Waals surface area contributed by atoms with E-state index in [1.54, 1.807) is 0 Å². The van der Waals surface area contributed by atoms with Crippen molar-refractivity contribution in [2.24, 2.45) is 17.8 Å². The van der Waals surface area contributed by atoms with Gasteiger partial charge >= 0.3 is 17.9 Å². The van der Waals surface area contributed by atoms with E-state index in [0.717, 1.165) is 75.5 Å². The Morgan fingerprint density at radius 2 is 0.492 bits per heavy atom. The van der Waals surface area contributed by atoms with Gasteiger partial charge in [-0.3, -0.25) is 14.4 Å². The standard InChI is InChI=1S/C53H102O6/c1-47(2)39-33-27-21-17-15-13-11-9-7-8-10-12-14-16-18-23-30-36-42-51(54)57-45-50(46-58-52(55)43-37-31-26-25-29-35-41-49(5)6)59-53(56)44-38-32-24-20-19-22-28-34-40-48(3)4/h47-50H,7-46H2,1-6H3/t50-/m0/s1. The highest BCUT2D eigenvalue weighted by Gasteiger charge is 2.19. The fourth-order valence-corrected chi connectivity index (χ4v) is 7.94. The second-order valence-corrected chi connectivity index (χ2v) is 19.6. The molecule has 0 saturated heterocycles. The lowest BCUT2D eigenvalue weighted by molar-refractivity contribution is -0.167. The molecule has 0 spiro atoms. The summed E-state index contributed by atoms with van der Waals surface area (Å²) >= 11 is 0. The first-order valence-electron chi connectivity index (χ1n) is 26.1. The lowest BCUT2D eigenvalue weighted by Crippen LogP contribution is -2.30. The average molecular weight is 835 g/mol. The number of carbonyl (C=O) groups is 3. The maximum atomic E-state index is 12.7. The summed E-state index contributed by atoms with van der Waals surface area (Å²) in [6.07, 6.45) is 44.1. The van der Waals surface area contributed by atoms with Crippen LogP contribution < -0.4 is 0 Å². The van der Waals surface area contributed by atoms with Crippen molar-refractivity contribution in [3.8, 4) is 0 Å². The Balaban J connectivity index is 4.17. The first-order valence-corrected chi connectivity index (χ1v) is 26.1. The zero-order valence-electron chi connectivity index (χ0n) is 40.5. The van der Waals surface area contributed by atoms with Gasteiger partial charge in [0.15, 0.2) is 6.10 Å². The molecule has 0 unspecified atom stereocenters. The van der Waals surface area contributed by atoms with E-state index in [2.05, 4.69) is 41.5 Å². The highest BCUT2D eigenvalue weighted by molar-refractivity contribution is 5.71. The third-order valence-electron chi connectivity index (χ3n) is 11.9. The van der Waals surface area contributed by atoms with Crippen molar-refractivity contribution in [3.63, 3.8) is 0 Å². The van der Waals surface area contributed by atoms with Crippen LogP contribution in [0.25, 0.3) is 0 Å². The fourth-order valence-electron chi connectivity index (χ4n) is 7.94. The summed E-state index contributed by atoms with van der Waals surface area (Å²) in [5, 5.41) is 0. The second kappa shape index (κ2) is 44.5. The van der Waals surface area contributed by atoms with E-state index < -0.39 is 6.10 Å². The molecular weight excluding hydrogens is 733 g/mol. The van der Waals surface area contributed by atoms with E-state index in [4.69, 9.17) is 14.2 Å². The minimum atomic E-state index is -0.763. The van der Waals surface area contributed by atoms with Gasteiger partial charge in [0.05, 0.1) is 0 Å². The lowest BCUT2D eigenvalue weighted by Gasteiger charge is -2.18. The molecule has 0 N–H and O–H groups in total. The summed E-state index contributed by atoms with van der Waals surface area (Å²) in [4.78, 5) is 37.8. The van der Waals surface area contributed by atoms with Crippen LogP contribution in [0.4, 0.5) is 0 Å². The highest BCUT2D eigenvalue weighted by Crippen LogP contribution is 2.18. The van der Waals surface area contributed by atoms with Crippen LogP contribution in [-0.2, 0) is 28.6 Å². The molecule has 0 bridgehead atoms. The van der Waals surface area contributed by atoms with Gasteiger partial charge in [0.1, 0.15) is 13.2 Å². The molecule has 0 aromatic rings. The summed E-state index contributed by atoms with van der Waals surface area (Å²) in [7, 11) is 0. The first kappa shape index (κ1) is 57.4. The zero-order chi connectivity index (χ0) is 43.4. The van der Waals surface area contributed by atoms with Crippen molar-refractivity contribution in [3.05, 3.63) is 0 Å². The van der Waals surface area contributed by atoms with Crippen molar-refractivity contribution in [2.75, 3.05) is 13.2 Å². The SMILES string of the molecule is CC(C)CCCCCCCCCCCCCCCCCCCCC(=O)OC[C@@H](COC(=O)CCCCCCCCC(C)C)OC(=O)CCCCCCCCCCC(C)C. The minimum absolute atomic E-state index is 0.0658. The summed E-state index contributed by atoms with van der Waals surface area (Å²) in [6.45, 7) is 13.6. The number of carbonyl (C=O) groups excluding carboxylic acids is 3. The Bertz CT molecular complexity index is 914. The Hall–Kier alpha value is -1.59. The van der Waals surface area contributed by atoms with E-state index in [1.165, 1.54) is 167 Å². The molecule has 59 heavy (non-hydrogen) atoms. The fraction of sp³-hybridized carbons (Fsp3) is 0.943. The van der Waals surface area contributed by atoms with Crippen molar-refractivity contribution in [1.82, 2.24) is 0 Å². The number of hydrogen-bond acceptors (Lipinski definition) is 6. The number of hydrogen-bond donors (Lipinski definition) is 0. The highest BCUT2D eigenvalue weighted by atomic mass is 16.6. The van der Waals surface area contributed by atoms with E-state index >= 15 is 0 Å². The molecule has 1 atom stereocenters. The maximum Gasteiger partial charge on any atom is 0.306 e. The molecule has 6 nitrogen and oxygen atoms in total. The topological polar surface area (TPSA) is 78.9 Å². The summed E-state index contributed by atoms with van der Waals surface area (Å²) in [5.74, 6) is 1.56. The number of ether oxygens (including phenoxy) is 3. The third-order valence-corrected chi connectivity index (χ3v) is 11.9. The van der Waals surface area contributed by atoms with Crippen LogP contribution in [0, 0.1) is 17.8 Å². The Morgan fingerprint density at radius 3 is 0.729 bits per heavy atom. The van der Waals surface area contributed by atoms with Crippen LogP contribution in [0.1, 0.15) is 286 Å². The summed E-state index contributed by atoms with van der Waals surface area (Å²) in [5.41, 5.74) is 0. The van der Waals surface area contributed by atoms with E-state index in [1.807, 2.05) is 0 Å². The quantitative estimate of drug-likeness (QED) is 0.0345. The van der Waals surface area contributed by atoms with Crippen LogP contribution in [0.15, 0.2) is 0 Å². The van der Waals surface area contributed by atoms with Gasteiger partial charge in [-0.2, -0.15) is 0 Å². The predicted octanol–water partition coefficient (Wildman–Crippen LogP) is 16.8. The molecule has 0 aromatic heterocycles. The van der Waals surface area contributed by atoms with Gasteiger partial charge in [0.25, 0.3) is 0 Å². The summed E-state index contributed by atoms with van der Waals surface area (Å²) < 4.78 is 16.8. The molecule has 0 radical (unpaired) electrons. The average Bonchev–Trinajstić information content (AvgIpc) is 3.19. The molecule has 0 saturated carbocycles. The van der Waals surface area contributed by atoms with Crippen molar-refractivity contribution < 1.29 is 28.6 Å². The summed E-state index contributed by atoms with van der Waals surface area (Å²) in [6, 6.07) is 0. The van der Waals surface area contributed by atoms with Crippen LogP contribution in [-0.4, -0.2) is 37.2 Å². The van der Waals surface area contributed by atoms with Gasteiger partial charge in [-0.1, -0.05) is 247 Å². The van der Waals surface area contributed by atoms with Gasteiger partial charge in [-0.25, -0.2) is 0 Å². The van der Waals surface area contributed by atoms with Gasteiger partial charge in [-0.05, 0) is 37.0 Å². The van der Waals surface area contributed by atoms with Crippen LogP contribution in [0.2, 0.25) is 0 Å². The molecule has 0 aliphatic rings. The van der Waals surface area contributed by atoms with Crippen molar-refractivity contribution >= 4 is 17.9 Å². The smallest absolute Gasteiger partial charge is 0.306 e. The maximum absolute atomic E-state index is 12.7. The minimum Gasteiger partial charge on any atom is -0.462 e. The number of rotatable bonds is 46. The van der Waals surface area contributed by atoms with Gasteiger partial charge in [0, 0.05) is 19.3 Å². The Labute approximate surface area is 368 Å². The molecule has 0 aliphatic carbocycles. The molecule has 350 valence electrons. The number of esters is 3. The van der Waals surface area contributed by atoms with Crippen molar-refractivity contribution in [1.29, 1.82) is 0 Å². The van der Waals surface area contributed by atoms with Crippen molar-refractivity contribution in [2.45, 2.75) is 292 Å². The Kier molecular flexibility index (Phi) is 43.3.